The maximum Gasteiger partial charge on any atom is 0.227 e. The largest absolute Gasteiger partial charge is 0.309 e. The number of hydrogen-bond donors (Lipinski definition) is 1. The molecular weight excluding hydrogens is 166 g/mol. The molecule has 2 heterocycles. The van der Waals surface area contributed by atoms with Gasteiger partial charge in [-0.3, -0.25) is 9.89 Å². The molecule has 13 heavy (non-hydrogen) atoms. The molecule has 1 N–H and O–H groups in total. The molecule has 0 spiro atoms. The van der Waals surface area contributed by atoms with Crippen LogP contribution in [0, 0.1) is 5.92 Å². The van der Waals surface area contributed by atoms with Crippen LogP contribution in [0.25, 0.3) is 0 Å². The third kappa shape index (κ3) is 1.35. The molecule has 1 amide bonds. The summed E-state index contributed by atoms with van der Waals surface area (Å²) in [6, 6.07) is 0. The van der Waals surface area contributed by atoms with Crippen LogP contribution < -0.4 is 4.90 Å². The molecule has 1 unspecified atom stereocenters. The van der Waals surface area contributed by atoms with Gasteiger partial charge in [-0.25, -0.2) is 0 Å². The highest BCUT2D eigenvalue weighted by Gasteiger charge is 2.28. The van der Waals surface area contributed by atoms with Crippen LogP contribution in [0.5, 0.6) is 0 Å². The number of anilines is 1. The van der Waals surface area contributed by atoms with Crippen molar-refractivity contribution in [3.05, 3.63) is 25.0 Å². The summed E-state index contributed by atoms with van der Waals surface area (Å²) in [6.45, 7) is 4.41. The molecule has 1 aromatic rings. The van der Waals surface area contributed by atoms with Crippen molar-refractivity contribution < 1.29 is 4.79 Å². The number of carbonyl (C=O) groups excluding carboxylic acids is 1. The highest BCUT2D eigenvalue weighted by Crippen LogP contribution is 2.24. The van der Waals surface area contributed by atoms with Gasteiger partial charge in [0.25, 0.3) is 0 Å². The quantitative estimate of drug-likeness (QED) is 0.684. The SMILES string of the molecule is C=CC1CC(=O)N(c2cn[nH]c2)C1. The summed E-state index contributed by atoms with van der Waals surface area (Å²) in [7, 11) is 0. The van der Waals surface area contributed by atoms with Crippen molar-refractivity contribution in [2.45, 2.75) is 6.42 Å². The van der Waals surface area contributed by atoms with Crippen LogP contribution in [-0.4, -0.2) is 22.6 Å². The van der Waals surface area contributed by atoms with Gasteiger partial charge in [-0.1, -0.05) is 6.08 Å². The van der Waals surface area contributed by atoms with Crippen LogP contribution in [0.2, 0.25) is 0 Å². The summed E-state index contributed by atoms with van der Waals surface area (Å²) >= 11 is 0. The lowest BCUT2D eigenvalue weighted by atomic mass is 10.1. The molecule has 1 atom stereocenters. The molecule has 4 nitrogen and oxygen atoms in total. The first kappa shape index (κ1) is 8.04. The summed E-state index contributed by atoms with van der Waals surface area (Å²) in [5.74, 6) is 0.425. The van der Waals surface area contributed by atoms with Gasteiger partial charge in [-0.2, -0.15) is 5.10 Å². The van der Waals surface area contributed by atoms with E-state index in [0.717, 1.165) is 12.2 Å². The highest BCUT2D eigenvalue weighted by atomic mass is 16.2. The zero-order chi connectivity index (χ0) is 9.26. The van der Waals surface area contributed by atoms with Crippen molar-refractivity contribution >= 4 is 11.6 Å². The molecule has 1 aromatic heterocycles. The van der Waals surface area contributed by atoms with Gasteiger partial charge in [0.2, 0.25) is 5.91 Å². The number of aromatic nitrogens is 2. The van der Waals surface area contributed by atoms with Gasteiger partial charge in [-0.05, 0) is 0 Å². The molecule has 4 heteroatoms. The van der Waals surface area contributed by atoms with Crippen molar-refractivity contribution in [1.29, 1.82) is 0 Å². The van der Waals surface area contributed by atoms with Crippen LogP contribution in [0.1, 0.15) is 6.42 Å². The van der Waals surface area contributed by atoms with Gasteiger partial charge < -0.3 is 4.90 Å². The van der Waals surface area contributed by atoms with E-state index in [1.54, 1.807) is 17.3 Å². The zero-order valence-corrected chi connectivity index (χ0v) is 7.23. The van der Waals surface area contributed by atoms with E-state index < -0.39 is 0 Å². The summed E-state index contributed by atoms with van der Waals surface area (Å²) in [6.07, 6.45) is 5.78. The Bertz CT molecular complexity index is 318. The van der Waals surface area contributed by atoms with E-state index in [1.807, 2.05) is 6.08 Å². The predicted molar refractivity (Wildman–Crippen MR) is 49.2 cm³/mol. The lowest BCUT2D eigenvalue weighted by Gasteiger charge is -2.12. The van der Waals surface area contributed by atoms with E-state index in [0.29, 0.717) is 6.42 Å². The average molecular weight is 177 g/mol. The monoisotopic (exact) mass is 177 g/mol. The lowest BCUT2D eigenvalue weighted by Crippen LogP contribution is -2.23. The van der Waals surface area contributed by atoms with Gasteiger partial charge in [-0.15, -0.1) is 6.58 Å². The number of carbonyl (C=O) groups is 1. The minimum Gasteiger partial charge on any atom is -0.309 e. The Morgan fingerprint density at radius 2 is 2.62 bits per heavy atom. The van der Waals surface area contributed by atoms with Crippen molar-refractivity contribution in [1.82, 2.24) is 10.2 Å². The lowest BCUT2D eigenvalue weighted by molar-refractivity contribution is -0.117. The molecule has 68 valence electrons. The zero-order valence-electron chi connectivity index (χ0n) is 7.23. The number of aromatic amines is 1. The minimum absolute atomic E-state index is 0.145. The number of rotatable bonds is 2. The van der Waals surface area contributed by atoms with Gasteiger partial charge in [0.1, 0.15) is 0 Å². The molecule has 0 radical (unpaired) electrons. The maximum atomic E-state index is 11.5. The number of H-pyrrole nitrogens is 1. The molecule has 0 aromatic carbocycles. The standard InChI is InChI=1S/C9H11N3O/c1-2-7-3-9(13)12(6-7)8-4-10-11-5-8/h2,4-5,7H,1,3,6H2,(H,10,11). The fourth-order valence-corrected chi connectivity index (χ4v) is 1.53. The predicted octanol–water partition coefficient (Wildman–Crippen LogP) is 0.949. The summed E-state index contributed by atoms with van der Waals surface area (Å²) in [4.78, 5) is 13.2. The Morgan fingerprint density at radius 1 is 1.77 bits per heavy atom. The second kappa shape index (κ2) is 3.05. The molecule has 1 saturated heterocycles. The molecule has 0 bridgehead atoms. The number of nitrogens with zero attached hydrogens (tertiary/aromatic N) is 2. The topological polar surface area (TPSA) is 49.0 Å². The second-order valence-corrected chi connectivity index (χ2v) is 3.16. The average Bonchev–Trinajstić information content (AvgIpc) is 2.72. The molecule has 1 fully saturated rings. The number of amides is 1. The van der Waals surface area contributed by atoms with E-state index in [2.05, 4.69) is 16.8 Å². The molecule has 1 aliphatic heterocycles. The normalized spacial score (nSPS) is 22.3. The van der Waals surface area contributed by atoms with Crippen molar-refractivity contribution in [2.75, 3.05) is 11.4 Å². The number of hydrogen-bond acceptors (Lipinski definition) is 2. The summed E-state index contributed by atoms with van der Waals surface area (Å²) in [5, 5.41) is 6.50. The Balaban J connectivity index is 2.18. The first-order valence-electron chi connectivity index (χ1n) is 4.23. The Labute approximate surface area is 76.2 Å². The van der Waals surface area contributed by atoms with E-state index in [9.17, 15) is 4.79 Å². The molecule has 2 rings (SSSR count). The van der Waals surface area contributed by atoms with Gasteiger partial charge in [0.05, 0.1) is 11.9 Å². The van der Waals surface area contributed by atoms with Crippen LogP contribution in [0.15, 0.2) is 25.0 Å². The van der Waals surface area contributed by atoms with E-state index in [1.165, 1.54) is 0 Å². The summed E-state index contributed by atoms with van der Waals surface area (Å²) < 4.78 is 0. The fraction of sp³-hybridized carbons (Fsp3) is 0.333. The molecule has 0 saturated carbocycles. The van der Waals surface area contributed by atoms with E-state index >= 15 is 0 Å². The van der Waals surface area contributed by atoms with Crippen LogP contribution >= 0.6 is 0 Å². The first-order chi connectivity index (χ1) is 6.31. The Morgan fingerprint density at radius 3 is 3.15 bits per heavy atom. The van der Waals surface area contributed by atoms with Crippen LogP contribution in [-0.2, 0) is 4.79 Å². The van der Waals surface area contributed by atoms with E-state index in [-0.39, 0.29) is 11.8 Å². The Hall–Kier alpha value is -1.58. The summed E-state index contributed by atoms with van der Waals surface area (Å²) in [5.41, 5.74) is 0.842. The third-order valence-corrected chi connectivity index (χ3v) is 2.28. The van der Waals surface area contributed by atoms with Gasteiger partial charge in [0.15, 0.2) is 0 Å². The Kier molecular flexibility index (Phi) is 1.88. The van der Waals surface area contributed by atoms with Crippen LogP contribution in [0.3, 0.4) is 0 Å². The molecular formula is C9H11N3O. The number of nitrogens with one attached hydrogen (secondary N) is 1. The van der Waals surface area contributed by atoms with Gasteiger partial charge in [0, 0.05) is 25.1 Å². The van der Waals surface area contributed by atoms with Crippen molar-refractivity contribution in [3.63, 3.8) is 0 Å². The van der Waals surface area contributed by atoms with Crippen LogP contribution in [0.4, 0.5) is 5.69 Å². The van der Waals surface area contributed by atoms with Crippen molar-refractivity contribution in [3.8, 4) is 0 Å². The first-order valence-corrected chi connectivity index (χ1v) is 4.23. The third-order valence-electron chi connectivity index (χ3n) is 2.28. The van der Waals surface area contributed by atoms with Crippen molar-refractivity contribution in [2.24, 2.45) is 5.92 Å². The smallest absolute Gasteiger partial charge is 0.227 e. The fourth-order valence-electron chi connectivity index (χ4n) is 1.53. The van der Waals surface area contributed by atoms with Gasteiger partial charge >= 0.3 is 0 Å². The maximum absolute atomic E-state index is 11.5. The highest BCUT2D eigenvalue weighted by molar-refractivity contribution is 5.95. The molecule has 1 aliphatic rings. The van der Waals surface area contributed by atoms with E-state index in [4.69, 9.17) is 0 Å². The minimum atomic E-state index is 0.145. The molecule has 0 aliphatic carbocycles. The second-order valence-electron chi connectivity index (χ2n) is 3.16.